The van der Waals surface area contributed by atoms with E-state index in [0.717, 1.165) is 23.7 Å². The average molecular weight is 347 g/mol. The zero-order valence-corrected chi connectivity index (χ0v) is 13.5. The van der Waals surface area contributed by atoms with E-state index in [2.05, 4.69) is 26.2 Å². The molecule has 1 aliphatic carbocycles. The normalized spacial score (nSPS) is 22.7. The first-order valence-corrected chi connectivity index (χ1v) is 8.46. The summed E-state index contributed by atoms with van der Waals surface area (Å²) in [6.07, 6.45) is 7.57. The standard InChI is InChI=1S/C17H19BrN2O/c18-14-9-2-1-3-10-15(14)20-17(21)13-8-4-6-12-7-5-11-19-16(12)13/h4-8,11,14-15H,1-3,9-10H2,(H,20,21). The number of rotatable bonds is 2. The predicted molar refractivity (Wildman–Crippen MR) is 88.8 cm³/mol. The molecule has 1 heterocycles. The van der Waals surface area contributed by atoms with E-state index >= 15 is 0 Å². The lowest BCUT2D eigenvalue weighted by atomic mass is 10.1. The highest BCUT2D eigenvalue weighted by Gasteiger charge is 2.24. The summed E-state index contributed by atoms with van der Waals surface area (Å²) in [5.41, 5.74) is 1.44. The van der Waals surface area contributed by atoms with Crippen molar-refractivity contribution in [2.24, 2.45) is 0 Å². The molecule has 4 heteroatoms. The van der Waals surface area contributed by atoms with Crippen molar-refractivity contribution in [2.75, 3.05) is 0 Å². The fraction of sp³-hybridized carbons (Fsp3) is 0.412. The van der Waals surface area contributed by atoms with Crippen LogP contribution >= 0.6 is 15.9 Å². The number of halogens is 1. The van der Waals surface area contributed by atoms with Crippen LogP contribution in [-0.4, -0.2) is 21.8 Å². The van der Waals surface area contributed by atoms with Crippen LogP contribution in [-0.2, 0) is 0 Å². The third-order valence-corrected chi connectivity index (χ3v) is 5.22. The molecule has 1 N–H and O–H groups in total. The minimum atomic E-state index is -0.0179. The number of para-hydroxylation sites is 1. The van der Waals surface area contributed by atoms with Gasteiger partial charge in [0.25, 0.3) is 5.91 Å². The zero-order chi connectivity index (χ0) is 14.7. The van der Waals surface area contributed by atoms with Crippen LogP contribution in [0.25, 0.3) is 10.9 Å². The Labute approximate surface area is 133 Å². The summed E-state index contributed by atoms with van der Waals surface area (Å²) in [4.78, 5) is 17.3. The van der Waals surface area contributed by atoms with Crippen LogP contribution in [0.3, 0.4) is 0 Å². The number of nitrogens with zero attached hydrogens (tertiary/aromatic N) is 1. The SMILES string of the molecule is O=C(NC1CCCCCC1Br)c1cccc2cccnc12. The second kappa shape index (κ2) is 6.56. The molecule has 21 heavy (non-hydrogen) atoms. The highest BCUT2D eigenvalue weighted by atomic mass is 79.9. The van der Waals surface area contributed by atoms with Gasteiger partial charge in [-0.25, -0.2) is 0 Å². The topological polar surface area (TPSA) is 42.0 Å². The number of hydrogen-bond donors (Lipinski definition) is 1. The summed E-state index contributed by atoms with van der Waals surface area (Å²) in [5.74, 6) is -0.0179. The lowest BCUT2D eigenvalue weighted by Gasteiger charge is -2.21. The molecule has 0 aliphatic heterocycles. The van der Waals surface area contributed by atoms with Gasteiger partial charge in [-0.1, -0.05) is 53.4 Å². The van der Waals surface area contributed by atoms with Gasteiger partial charge in [-0.05, 0) is 25.0 Å². The number of nitrogens with one attached hydrogen (secondary N) is 1. The summed E-state index contributed by atoms with van der Waals surface area (Å²) in [5, 5.41) is 4.19. The Hall–Kier alpha value is -1.42. The number of fused-ring (bicyclic) bond motifs is 1. The number of hydrogen-bond acceptors (Lipinski definition) is 2. The minimum absolute atomic E-state index is 0.0179. The van der Waals surface area contributed by atoms with E-state index in [4.69, 9.17) is 0 Å². The maximum Gasteiger partial charge on any atom is 0.253 e. The Morgan fingerprint density at radius 3 is 2.86 bits per heavy atom. The fourth-order valence-corrected chi connectivity index (χ4v) is 3.68. The van der Waals surface area contributed by atoms with Crippen molar-refractivity contribution in [3.8, 4) is 0 Å². The van der Waals surface area contributed by atoms with E-state index < -0.39 is 0 Å². The van der Waals surface area contributed by atoms with Crippen LogP contribution in [0, 0.1) is 0 Å². The van der Waals surface area contributed by atoms with Gasteiger partial charge in [0.1, 0.15) is 0 Å². The van der Waals surface area contributed by atoms with Crippen LogP contribution in [0.1, 0.15) is 42.5 Å². The van der Waals surface area contributed by atoms with Crippen molar-refractivity contribution in [1.82, 2.24) is 10.3 Å². The smallest absolute Gasteiger partial charge is 0.253 e. The Kier molecular flexibility index (Phi) is 4.54. The molecule has 1 fully saturated rings. The summed E-state index contributed by atoms with van der Waals surface area (Å²) in [6, 6.07) is 9.83. The lowest BCUT2D eigenvalue weighted by Crippen LogP contribution is -2.40. The Morgan fingerprint density at radius 1 is 1.14 bits per heavy atom. The minimum Gasteiger partial charge on any atom is -0.348 e. The first-order valence-electron chi connectivity index (χ1n) is 7.54. The molecule has 2 unspecified atom stereocenters. The van der Waals surface area contributed by atoms with Gasteiger partial charge in [-0.2, -0.15) is 0 Å². The monoisotopic (exact) mass is 346 g/mol. The van der Waals surface area contributed by atoms with Crippen molar-refractivity contribution in [2.45, 2.75) is 43.0 Å². The molecule has 2 atom stereocenters. The van der Waals surface area contributed by atoms with E-state index in [9.17, 15) is 4.79 Å². The van der Waals surface area contributed by atoms with Crippen LogP contribution in [0.5, 0.6) is 0 Å². The van der Waals surface area contributed by atoms with Crippen molar-refractivity contribution in [3.63, 3.8) is 0 Å². The molecular weight excluding hydrogens is 328 g/mol. The van der Waals surface area contributed by atoms with E-state index in [1.807, 2.05) is 30.3 Å². The van der Waals surface area contributed by atoms with Crippen molar-refractivity contribution < 1.29 is 4.79 Å². The number of carbonyl (C=O) groups is 1. The zero-order valence-electron chi connectivity index (χ0n) is 11.9. The number of amides is 1. The highest BCUT2D eigenvalue weighted by Crippen LogP contribution is 2.24. The van der Waals surface area contributed by atoms with Gasteiger partial charge in [0, 0.05) is 22.5 Å². The summed E-state index contributed by atoms with van der Waals surface area (Å²) in [7, 11) is 0. The summed E-state index contributed by atoms with van der Waals surface area (Å²) < 4.78 is 0. The molecule has 0 spiro atoms. The number of aromatic nitrogens is 1. The number of benzene rings is 1. The molecule has 1 aromatic carbocycles. The Balaban J connectivity index is 1.83. The van der Waals surface area contributed by atoms with Gasteiger partial charge in [0.05, 0.1) is 11.1 Å². The van der Waals surface area contributed by atoms with E-state index in [-0.39, 0.29) is 11.9 Å². The molecule has 1 saturated carbocycles. The largest absolute Gasteiger partial charge is 0.348 e. The first-order chi connectivity index (χ1) is 10.3. The van der Waals surface area contributed by atoms with Gasteiger partial charge in [-0.3, -0.25) is 9.78 Å². The molecule has 1 amide bonds. The maximum absolute atomic E-state index is 12.6. The van der Waals surface area contributed by atoms with Gasteiger partial charge in [0.15, 0.2) is 0 Å². The maximum atomic E-state index is 12.6. The van der Waals surface area contributed by atoms with Crippen molar-refractivity contribution in [1.29, 1.82) is 0 Å². The van der Waals surface area contributed by atoms with Crippen LogP contribution in [0.2, 0.25) is 0 Å². The molecule has 0 saturated heterocycles. The van der Waals surface area contributed by atoms with E-state index in [1.165, 1.54) is 19.3 Å². The fourth-order valence-electron chi connectivity index (χ4n) is 2.96. The second-order valence-corrected chi connectivity index (χ2v) is 6.79. The molecule has 110 valence electrons. The molecule has 2 aromatic rings. The molecular formula is C17H19BrN2O. The van der Waals surface area contributed by atoms with Crippen LogP contribution < -0.4 is 5.32 Å². The summed E-state index contributed by atoms with van der Waals surface area (Å²) in [6.45, 7) is 0. The molecule has 0 bridgehead atoms. The molecule has 3 rings (SSSR count). The average Bonchev–Trinajstić information content (AvgIpc) is 2.71. The van der Waals surface area contributed by atoms with E-state index in [0.29, 0.717) is 10.4 Å². The number of carbonyl (C=O) groups excluding carboxylic acids is 1. The van der Waals surface area contributed by atoms with Gasteiger partial charge < -0.3 is 5.32 Å². The highest BCUT2D eigenvalue weighted by molar-refractivity contribution is 9.09. The molecule has 1 aliphatic rings. The molecule has 3 nitrogen and oxygen atoms in total. The Morgan fingerprint density at radius 2 is 1.95 bits per heavy atom. The third-order valence-electron chi connectivity index (χ3n) is 4.13. The number of alkyl halides is 1. The summed E-state index contributed by atoms with van der Waals surface area (Å²) >= 11 is 3.73. The molecule has 1 aromatic heterocycles. The molecule has 0 radical (unpaired) electrons. The van der Waals surface area contributed by atoms with Crippen molar-refractivity contribution >= 4 is 32.7 Å². The van der Waals surface area contributed by atoms with Gasteiger partial charge in [-0.15, -0.1) is 0 Å². The predicted octanol–water partition coefficient (Wildman–Crippen LogP) is 4.06. The third kappa shape index (κ3) is 3.26. The Bertz CT molecular complexity index is 638. The van der Waals surface area contributed by atoms with E-state index in [1.54, 1.807) is 6.20 Å². The quantitative estimate of drug-likeness (QED) is 0.658. The second-order valence-electron chi connectivity index (χ2n) is 5.61. The first kappa shape index (κ1) is 14.5. The van der Waals surface area contributed by atoms with Crippen LogP contribution in [0.4, 0.5) is 0 Å². The lowest BCUT2D eigenvalue weighted by molar-refractivity contribution is 0.0936. The van der Waals surface area contributed by atoms with Gasteiger partial charge in [0.2, 0.25) is 0 Å². The van der Waals surface area contributed by atoms with Crippen LogP contribution in [0.15, 0.2) is 36.5 Å². The van der Waals surface area contributed by atoms with Crippen molar-refractivity contribution in [3.05, 3.63) is 42.1 Å². The number of pyridine rings is 1. The van der Waals surface area contributed by atoms with Gasteiger partial charge >= 0.3 is 0 Å².